The van der Waals surface area contributed by atoms with Gasteiger partial charge in [0.05, 0.1) is 18.1 Å². The molecule has 2 atom stereocenters. The molecule has 2 saturated heterocycles. The number of carbonyl (C=O) groups excluding carboxylic acids is 2. The van der Waals surface area contributed by atoms with Crippen LogP contribution in [-0.4, -0.2) is 36.5 Å². The lowest BCUT2D eigenvalue weighted by Gasteiger charge is -2.17. The number of benzene rings is 2. The molecule has 2 aliphatic heterocycles. The van der Waals surface area contributed by atoms with Gasteiger partial charge in [0.1, 0.15) is 23.7 Å². The molecule has 0 unspecified atom stereocenters. The van der Waals surface area contributed by atoms with E-state index in [1.807, 2.05) is 48.5 Å². The molecule has 0 radical (unpaired) electrons. The summed E-state index contributed by atoms with van der Waals surface area (Å²) in [5.74, 6) is 0.833. The van der Waals surface area contributed by atoms with Gasteiger partial charge in [0.2, 0.25) is 0 Å². The summed E-state index contributed by atoms with van der Waals surface area (Å²) in [5, 5.41) is 0.734. The Morgan fingerprint density at radius 2 is 2.00 bits per heavy atom. The Hall–Kier alpha value is -3.28. The van der Waals surface area contributed by atoms with Crippen molar-refractivity contribution in [3.63, 3.8) is 0 Å². The van der Waals surface area contributed by atoms with Gasteiger partial charge in [-0.25, -0.2) is 0 Å². The van der Waals surface area contributed by atoms with E-state index in [1.54, 1.807) is 11.8 Å². The number of fused-ring (bicyclic) bond motifs is 2. The third-order valence-corrected chi connectivity index (χ3v) is 5.77. The second kappa shape index (κ2) is 6.95. The van der Waals surface area contributed by atoms with Crippen LogP contribution in [0.15, 0.2) is 52.9 Å². The fourth-order valence-electron chi connectivity index (χ4n) is 4.22. The van der Waals surface area contributed by atoms with Gasteiger partial charge in [-0.3, -0.25) is 9.59 Å². The third-order valence-electron chi connectivity index (χ3n) is 5.77. The number of nitrogens with zero attached hydrogens (tertiary/aromatic N) is 1. The molecule has 1 aromatic heterocycles. The summed E-state index contributed by atoms with van der Waals surface area (Å²) in [6.07, 6.45) is 0. The molecule has 3 heterocycles. The number of aryl methyl sites for hydroxylation is 1. The molecule has 0 saturated carbocycles. The van der Waals surface area contributed by atoms with Crippen LogP contribution in [0.5, 0.6) is 5.75 Å². The number of amides is 1. The highest BCUT2D eigenvalue weighted by Crippen LogP contribution is 2.34. The monoisotopic (exact) mass is 391 g/mol. The van der Waals surface area contributed by atoms with Crippen molar-refractivity contribution in [2.24, 2.45) is 11.8 Å². The van der Waals surface area contributed by atoms with E-state index in [1.165, 1.54) is 0 Å². The first-order chi connectivity index (χ1) is 14.1. The van der Waals surface area contributed by atoms with Crippen LogP contribution in [0.4, 0.5) is 0 Å². The quantitative estimate of drug-likeness (QED) is 0.636. The first kappa shape index (κ1) is 17.8. The normalized spacial score (nSPS) is 20.7. The Labute approximate surface area is 168 Å². The highest BCUT2D eigenvalue weighted by Gasteiger charge is 2.46. The zero-order chi connectivity index (χ0) is 20.0. The number of esters is 1. The van der Waals surface area contributed by atoms with E-state index < -0.39 is 0 Å². The average molecular weight is 391 g/mol. The Kier molecular flexibility index (Phi) is 4.27. The molecule has 2 aliphatic rings. The molecule has 6 nitrogen and oxygen atoms in total. The van der Waals surface area contributed by atoms with Gasteiger partial charge in [-0.15, -0.1) is 0 Å². The van der Waals surface area contributed by atoms with Crippen LogP contribution in [0.3, 0.4) is 0 Å². The molecular formula is C23H21NO5. The molecule has 0 bridgehead atoms. The molecule has 0 spiro atoms. The fourth-order valence-corrected chi connectivity index (χ4v) is 4.22. The predicted molar refractivity (Wildman–Crippen MR) is 106 cm³/mol. The minimum absolute atomic E-state index is 0.0923. The lowest BCUT2D eigenvalue weighted by atomic mass is 10.0. The lowest BCUT2D eigenvalue weighted by Crippen LogP contribution is -2.31. The zero-order valence-corrected chi connectivity index (χ0v) is 16.1. The molecule has 5 rings (SSSR count). The topological polar surface area (TPSA) is 69.0 Å². The molecule has 29 heavy (non-hydrogen) atoms. The third kappa shape index (κ3) is 3.14. The van der Waals surface area contributed by atoms with Crippen molar-refractivity contribution in [3.8, 4) is 5.75 Å². The summed E-state index contributed by atoms with van der Waals surface area (Å²) in [7, 11) is 0. The van der Waals surface area contributed by atoms with Gasteiger partial charge < -0.3 is 18.8 Å². The van der Waals surface area contributed by atoms with Crippen LogP contribution >= 0.6 is 0 Å². The SMILES string of the molecule is Cc1oc2ccc(OCc3ccccc3)cc2c1C(=O)N1C[C@@H]2COC(=O)[C@@H]2C1. The fraction of sp³-hybridized carbons (Fsp3) is 0.304. The van der Waals surface area contributed by atoms with Crippen LogP contribution in [0.25, 0.3) is 11.0 Å². The zero-order valence-electron chi connectivity index (χ0n) is 16.1. The van der Waals surface area contributed by atoms with Gasteiger partial charge in [0.25, 0.3) is 5.91 Å². The Balaban J connectivity index is 1.40. The van der Waals surface area contributed by atoms with Crippen LogP contribution < -0.4 is 4.74 Å². The standard InChI is InChI=1S/C23H21NO5/c1-14-21(22(25)24-10-16-13-28-23(26)19(16)11-24)18-9-17(7-8-20(18)29-14)27-12-15-5-3-2-4-6-15/h2-9,16,19H,10-13H2,1H3/t16-,19-/m1/s1. The summed E-state index contributed by atoms with van der Waals surface area (Å²) in [6.45, 7) is 3.58. The van der Waals surface area contributed by atoms with E-state index in [4.69, 9.17) is 13.9 Å². The number of carbonyl (C=O) groups is 2. The van der Waals surface area contributed by atoms with Crippen LogP contribution in [0, 0.1) is 18.8 Å². The second-order valence-corrected chi connectivity index (χ2v) is 7.67. The van der Waals surface area contributed by atoms with Crippen LogP contribution in [0.2, 0.25) is 0 Å². The number of furan rings is 1. The Morgan fingerprint density at radius 3 is 2.79 bits per heavy atom. The van der Waals surface area contributed by atoms with Crippen molar-refractivity contribution in [2.45, 2.75) is 13.5 Å². The number of hydrogen-bond donors (Lipinski definition) is 0. The summed E-state index contributed by atoms with van der Waals surface area (Å²) in [6, 6.07) is 15.4. The minimum atomic E-state index is -0.206. The summed E-state index contributed by atoms with van der Waals surface area (Å²) in [4.78, 5) is 26.8. The van der Waals surface area contributed by atoms with Crippen molar-refractivity contribution in [3.05, 3.63) is 65.4 Å². The van der Waals surface area contributed by atoms with Gasteiger partial charge >= 0.3 is 5.97 Å². The molecule has 148 valence electrons. The van der Waals surface area contributed by atoms with Crippen molar-refractivity contribution < 1.29 is 23.5 Å². The molecule has 0 aliphatic carbocycles. The Bertz CT molecular complexity index is 1090. The summed E-state index contributed by atoms with van der Waals surface area (Å²) >= 11 is 0. The predicted octanol–water partition coefficient (Wildman–Crippen LogP) is 3.57. The molecule has 2 fully saturated rings. The maximum atomic E-state index is 13.2. The molecule has 0 N–H and O–H groups in total. The number of ether oxygens (including phenoxy) is 2. The maximum absolute atomic E-state index is 13.2. The first-order valence-electron chi connectivity index (χ1n) is 9.76. The van der Waals surface area contributed by atoms with E-state index in [9.17, 15) is 9.59 Å². The highest BCUT2D eigenvalue weighted by atomic mass is 16.5. The van der Waals surface area contributed by atoms with E-state index >= 15 is 0 Å². The van der Waals surface area contributed by atoms with Crippen molar-refractivity contribution in [1.29, 1.82) is 0 Å². The molecule has 1 amide bonds. The molecule has 3 aromatic rings. The van der Waals surface area contributed by atoms with Gasteiger partial charge in [-0.1, -0.05) is 30.3 Å². The largest absolute Gasteiger partial charge is 0.489 e. The lowest BCUT2D eigenvalue weighted by molar-refractivity contribution is -0.141. The van der Waals surface area contributed by atoms with Gasteiger partial charge in [0, 0.05) is 24.4 Å². The van der Waals surface area contributed by atoms with E-state index in [-0.39, 0.29) is 23.7 Å². The first-order valence-corrected chi connectivity index (χ1v) is 9.76. The highest BCUT2D eigenvalue weighted by molar-refractivity contribution is 6.07. The van der Waals surface area contributed by atoms with Crippen LogP contribution in [0.1, 0.15) is 21.7 Å². The van der Waals surface area contributed by atoms with Crippen molar-refractivity contribution >= 4 is 22.8 Å². The summed E-state index contributed by atoms with van der Waals surface area (Å²) in [5.41, 5.74) is 2.26. The van der Waals surface area contributed by atoms with Gasteiger partial charge in [-0.2, -0.15) is 0 Å². The van der Waals surface area contributed by atoms with E-state index in [2.05, 4.69) is 0 Å². The summed E-state index contributed by atoms with van der Waals surface area (Å²) < 4.78 is 16.8. The second-order valence-electron chi connectivity index (χ2n) is 7.67. The van der Waals surface area contributed by atoms with Crippen molar-refractivity contribution in [2.75, 3.05) is 19.7 Å². The molecule has 2 aromatic carbocycles. The van der Waals surface area contributed by atoms with Crippen LogP contribution in [-0.2, 0) is 16.1 Å². The Morgan fingerprint density at radius 1 is 1.17 bits per heavy atom. The van der Waals surface area contributed by atoms with E-state index in [0.717, 1.165) is 10.9 Å². The molecular weight excluding hydrogens is 370 g/mol. The average Bonchev–Trinajstić information content (AvgIpc) is 3.40. The molecule has 6 heteroatoms. The smallest absolute Gasteiger partial charge is 0.311 e. The van der Waals surface area contributed by atoms with E-state index in [0.29, 0.717) is 49.0 Å². The van der Waals surface area contributed by atoms with Crippen molar-refractivity contribution in [1.82, 2.24) is 4.90 Å². The number of rotatable bonds is 4. The van der Waals surface area contributed by atoms with Gasteiger partial charge in [0.15, 0.2) is 0 Å². The minimum Gasteiger partial charge on any atom is -0.489 e. The number of hydrogen-bond acceptors (Lipinski definition) is 5. The van der Waals surface area contributed by atoms with Gasteiger partial charge in [-0.05, 0) is 30.7 Å². The maximum Gasteiger partial charge on any atom is 0.311 e. The number of cyclic esters (lactones) is 1. The number of likely N-dealkylation sites (tertiary alicyclic amines) is 1.